The summed E-state index contributed by atoms with van der Waals surface area (Å²) in [7, 11) is 1.66. The van der Waals surface area contributed by atoms with Gasteiger partial charge >= 0.3 is 0 Å². The van der Waals surface area contributed by atoms with Gasteiger partial charge in [0.05, 0.1) is 12.6 Å². The number of rotatable bonds is 4. The molecule has 0 aliphatic carbocycles. The quantitative estimate of drug-likeness (QED) is 0.632. The smallest absolute Gasteiger partial charge is 0.0786 e. The molecular weight excluding hydrogens is 240 g/mol. The predicted octanol–water partition coefficient (Wildman–Crippen LogP) is 1.66. The fourth-order valence-electron chi connectivity index (χ4n) is 0.890. The molecule has 12 heavy (non-hydrogen) atoms. The molecule has 1 aromatic rings. The van der Waals surface area contributed by atoms with E-state index in [1.54, 1.807) is 18.4 Å². The van der Waals surface area contributed by atoms with Gasteiger partial charge in [-0.25, -0.2) is 5.43 Å². The minimum absolute atomic E-state index is 0.0892. The minimum Gasteiger partial charge on any atom is -0.383 e. The first-order valence-electron chi connectivity index (χ1n) is 3.47. The predicted molar refractivity (Wildman–Crippen MR) is 54.0 cm³/mol. The summed E-state index contributed by atoms with van der Waals surface area (Å²) >= 11 is 5.03. The lowest BCUT2D eigenvalue weighted by Gasteiger charge is -2.11. The van der Waals surface area contributed by atoms with Crippen LogP contribution in [0.5, 0.6) is 0 Å². The summed E-state index contributed by atoms with van der Waals surface area (Å²) in [6.07, 6.45) is 0. The summed E-state index contributed by atoms with van der Waals surface area (Å²) in [6, 6.07) is 2.13. The number of hydrazine groups is 1. The van der Waals surface area contributed by atoms with E-state index in [2.05, 4.69) is 21.4 Å². The molecule has 0 aromatic carbocycles. The monoisotopic (exact) mass is 250 g/mol. The van der Waals surface area contributed by atoms with E-state index < -0.39 is 0 Å². The van der Waals surface area contributed by atoms with Crippen LogP contribution in [0.4, 0.5) is 0 Å². The Labute approximate surface area is 84.0 Å². The summed E-state index contributed by atoms with van der Waals surface area (Å²) < 4.78 is 6.09. The molecule has 0 saturated heterocycles. The summed E-state index contributed by atoms with van der Waals surface area (Å²) in [5.41, 5.74) is 2.70. The summed E-state index contributed by atoms with van der Waals surface area (Å²) in [6.45, 7) is 0.587. The fourth-order valence-corrected chi connectivity index (χ4v) is 2.38. The van der Waals surface area contributed by atoms with E-state index in [9.17, 15) is 0 Å². The average Bonchev–Trinajstić information content (AvgIpc) is 2.47. The molecule has 1 rings (SSSR count). The Kier molecular flexibility index (Phi) is 4.17. The third-order valence-corrected chi connectivity index (χ3v) is 3.27. The van der Waals surface area contributed by atoms with Gasteiger partial charge in [-0.05, 0) is 22.0 Å². The molecule has 0 radical (unpaired) electrons. The number of halogens is 1. The molecule has 0 saturated carbocycles. The maximum Gasteiger partial charge on any atom is 0.0786 e. The van der Waals surface area contributed by atoms with Crippen molar-refractivity contribution in [3.8, 4) is 0 Å². The largest absolute Gasteiger partial charge is 0.383 e. The lowest BCUT2D eigenvalue weighted by molar-refractivity contribution is 0.168. The van der Waals surface area contributed by atoms with Gasteiger partial charge in [-0.15, -0.1) is 11.3 Å². The van der Waals surface area contributed by atoms with Crippen LogP contribution in [-0.2, 0) is 4.74 Å². The molecule has 0 spiro atoms. The van der Waals surface area contributed by atoms with Crippen LogP contribution in [0.2, 0.25) is 0 Å². The van der Waals surface area contributed by atoms with Crippen LogP contribution in [0.25, 0.3) is 0 Å². The Morgan fingerprint density at radius 1 is 1.83 bits per heavy atom. The third-order valence-electron chi connectivity index (χ3n) is 1.47. The highest BCUT2D eigenvalue weighted by molar-refractivity contribution is 9.10. The molecule has 0 aliphatic rings. The second kappa shape index (κ2) is 4.94. The van der Waals surface area contributed by atoms with Crippen molar-refractivity contribution in [3.63, 3.8) is 0 Å². The van der Waals surface area contributed by atoms with E-state index in [0.29, 0.717) is 6.61 Å². The molecule has 0 bridgehead atoms. The zero-order valence-corrected chi connectivity index (χ0v) is 9.11. The minimum atomic E-state index is 0.0892. The van der Waals surface area contributed by atoms with Crippen molar-refractivity contribution in [3.05, 3.63) is 20.8 Å². The van der Waals surface area contributed by atoms with Crippen LogP contribution in [0.1, 0.15) is 10.9 Å². The first kappa shape index (κ1) is 10.1. The van der Waals surface area contributed by atoms with E-state index in [4.69, 9.17) is 10.6 Å². The van der Waals surface area contributed by atoms with Gasteiger partial charge in [0.1, 0.15) is 0 Å². The van der Waals surface area contributed by atoms with Crippen LogP contribution in [0.15, 0.2) is 15.9 Å². The molecule has 1 aromatic heterocycles. The number of nitrogens with two attached hydrogens (primary N) is 1. The first-order valence-corrected chi connectivity index (χ1v) is 5.14. The third kappa shape index (κ3) is 2.53. The van der Waals surface area contributed by atoms with Crippen LogP contribution >= 0.6 is 27.3 Å². The standard InChI is InChI=1S/C7H11BrN2OS/c1-11-3-6(10-9)7-2-5(8)4-12-7/h2,4,6,10H,3,9H2,1H3. The van der Waals surface area contributed by atoms with Crippen LogP contribution in [-0.4, -0.2) is 13.7 Å². The van der Waals surface area contributed by atoms with E-state index in [1.807, 2.05) is 11.4 Å². The van der Waals surface area contributed by atoms with Crippen molar-refractivity contribution < 1.29 is 4.74 Å². The average molecular weight is 251 g/mol. The van der Waals surface area contributed by atoms with Gasteiger partial charge in [-0.3, -0.25) is 5.84 Å². The zero-order valence-electron chi connectivity index (χ0n) is 6.71. The first-order chi connectivity index (χ1) is 5.77. The van der Waals surface area contributed by atoms with Crippen LogP contribution in [0, 0.1) is 0 Å². The van der Waals surface area contributed by atoms with Gasteiger partial charge in [0.15, 0.2) is 0 Å². The fraction of sp³-hybridized carbons (Fsp3) is 0.429. The summed E-state index contributed by atoms with van der Waals surface area (Å²) in [4.78, 5) is 1.17. The maximum atomic E-state index is 5.36. The molecule has 5 heteroatoms. The van der Waals surface area contributed by atoms with Crippen molar-refractivity contribution in [2.45, 2.75) is 6.04 Å². The van der Waals surface area contributed by atoms with Crippen molar-refractivity contribution in [1.29, 1.82) is 0 Å². The number of hydrogen-bond acceptors (Lipinski definition) is 4. The van der Waals surface area contributed by atoms with Crippen molar-refractivity contribution in [2.75, 3.05) is 13.7 Å². The normalized spacial score (nSPS) is 13.2. The maximum absolute atomic E-state index is 5.36. The topological polar surface area (TPSA) is 47.3 Å². The van der Waals surface area contributed by atoms with E-state index in [0.717, 1.165) is 4.47 Å². The molecule has 1 unspecified atom stereocenters. The van der Waals surface area contributed by atoms with Gasteiger partial charge in [0.2, 0.25) is 0 Å². The van der Waals surface area contributed by atoms with Gasteiger partial charge in [-0.2, -0.15) is 0 Å². The Morgan fingerprint density at radius 2 is 2.58 bits per heavy atom. The Balaban J connectivity index is 2.66. The van der Waals surface area contributed by atoms with Crippen molar-refractivity contribution in [2.24, 2.45) is 5.84 Å². The number of methoxy groups -OCH3 is 1. The highest BCUT2D eigenvalue weighted by Gasteiger charge is 2.10. The van der Waals surface area contributed by atoms with E-state index >= 15 is 0 Å². The van der Waals surface area contributed by atoms with Gasteiger partial charge in [-0.1, -0.05) is 0 Å². The molecule has 0 fully saturated rings. The molecule has 68 valence electrons. The Morgan fingerprint density at radius 3 is 3.00 bits per heavy atom. The summed E-state index contributed by atoms with van der Waals surface area (Å²) in [5, 5.41) is 2.02. The molecule has 3 N–H and O–H groups in total. The number of nitrogens with one attached hydrogen (secondary N) is 1. The highest BCUT2D eigenvalue weighted by Crippen LogP contribution is 2.25. The molecular formula is C7H11BrN2OS. The molecule has 1 heterocycles. The molecule has 1 atom stereocenters. The van der Waals surface area contributed by atoms with Crippen LogP contribution in [0.3, 0.4) is 0 Å². The number of hydrogen-bond donors (Lipinski definition) is 2. The molecule has 0 aliphatic heterocycles. The highest BCUT2D eigenvalue weighted by atomic mass is 79.9. The van der Waals surface area contributed by atoms with E-state index in [1.165, 1.54) is 4.88 Å². The van der Waals surface area contributed by atoms with Gasteiger partial charge in [0, 0.05) is 21.8 Å². The lowest BCUT2D eigenvalue weighted by atomic mass is 10.3. The number of thiophene rings is 1. The molecule has 0 amide bonds. The van der Waals surface area contributed by atoms with Crippen molar-refractivity contribution >= 4 is 27.3 Å². The SMILES string of the molecule is COCC(NN)c1cc(Br)cs1. The second-order valence-electron chi connectivity index (χ2n) is 2.34. The lowest BCUT2D eigenvalue weighted by Crippen LogP contribution is -2.30. The second-order valence-corrected chi connectivity index (χ2v) is 4.20. The van der Waals surface area contributed by atoms with Gasteiger partial charge < -0.3 is 4.74 Å². The van der Waals surface area contributed by atoms with Crippen LogP contribution < -0.4 is 11.3 Å². The van der Waals surface area contributed by atoms with E-state index in [-0.39, 0.29) is 6.04 Å². The summed E-state index contributed by atoms with van der Waals surface area (Å²) in [5.74, 6) is 5.36. The number of ether oxygens (including phenoxy) is 1. The Hall–Kier alpha value is 0.0600. The van der Waals surface area contributed by atoms with Crippen molar-refractivity contribution in [1.82, 2.24) is 5.43 Å². The van der Waals surface area contributed by atoms with Gasteiger partial charge in [0.25, 0.3) is 0 Å². The molecule has 3 nitrogen and oxygen atoms in total. The Bertz CT molecular complexity index is 241. The zero-order chi connectivity index (χ0) is 8.97.